The molecule has 1 aliphatic rings. The maximum absolute atomic E-state index is 11.5. The molecular formula is C11H12N2O6. The Morgan fingerprint density at radius 1 is 1.32 bits per heavy atom. The van der Waals surface area contributed by atoms with Crippen molar-refractivity contribution in [2.45, 2.75) is 6.04 Å². The topological polar surface area (TPSA) is 117 Å². The van der Waals surface area contributed by atoms with Crippen LogP contribution in [0.4, 0.5) is 10.5 Å². The molecule has 102 valence electrons. The Morgan fingerprint density at radius 3 is 2.74 bits per heavy atom. The van der Waals surface area contributed by atoms with Gasteiger partial charge in [-0.2, -0.15) is 0 Å². The number of nitrogens with one attached hydrogen (secondary N) is 2. The Hall–Kier alpha value is -2.48. The number of hydrogen-bond acceptors (Lipinski definition) is 5. The van der Waals surface area contributed by atoms with Crippen LogP contribution < -0.4 is 20.1 Å². The van der Waals surface area contributed by atoms with Crippen LogP contribution in [0.15, 0.2) is 18.2 Å². The molecule has 1 aromatic rings. The molecule has 1 atom stereocenters. The summed E-state index contributed by atoms with van der Waals surface area (Å²) in [4.78, 5) is 22.2. The van der Waals surface area contributed by atoms with Gasteiger partial charge in [0.2, 0.25) is 6.79 Å². The first kappa shape index (κ1) is 13.0. The van der Waals surface area contributed by atoms with Gasteiger partial charge in [0, 0.05) is 11.8 Å². The molecule has 2 amide bonds. The largest absolute Gasteiger partial charge is 0.480 e. The number of anilines is 1. The molecule has 0 fully saturated rings. The van der Waals surface area contributed by atoms with Crippen molar-refractivity contribution in [1.82, 2.24) is 5.32 Å². The van der Waals surface area contributed by atoms with Crippen molar-refractivity contribution in [3.05, 3.63) is 18.2 Å². The van der Waals surface area contributed by atoms with E-state index in [1.54, 1.807) is 18.2 Å². The van der Waals surface area contributed by atoms with Crippen molar-refractivity contribution in [1.29, 1.82) is 0 Å². The SMILES string of the molecule is O=C(Nc1ccc2c(c1)OCO2)N[C@@H](CO)C(=O)O. The van der Waals surface area contributed by atoms with Crippen LogP contribution in [-0.2, 0) is 4.79 Å². The molecule has 0 spiro atoms. The highest BCUT2D eigenvalue weighted by molar-refractivity contribution is 5.92. The average Bonchev–Trinajstić information content (AvgIpc) is 2.82. The molecule has 0 aliphatic carbocycles. The number of carbonyl (C=O) groups is 2. The predicted molar refractivity (Wildman–Crippen MR) is 63.2 cm³/mol. The van der Waals surface area contributed by atoms with E-state index in [4.69, 9.17) is 19.7 Å². The van der Waals surface area contributed by atoms with Crippen LogP contribution >= 0.6 is 0 Å². The van der Waals surface area contributed by atoms with Gasteiger partial charge in [-0.25, -0.2) is 9.59 Å². The van der Waals surface area contributed by atoms with Gasteiger partial charge in [0.05, 0.1) is 6.61 Å². The minimum absolute atomic E-state index is 0.122. The van der Waals surface area contributed by atoms with Gasteiger partial charge in [-0.15, -0.1) is 0 Å². The number of carboxylic acid groups (broad SMARTS) is 1. The second-order valence-corrected chi connectivity index (χ2v) is 3.74. The molecule has 4 N–H and O–H groups in total. The third-order valence-electron chi connectivity index (χ3n) is 2.42. The predicted octanol–water partition coefficient (Wildman–Crippen LogP) is -0.0177. The fourth-order valence-electron chi connectivity index (χ4n) is 1.49. The van der Waals surface area contributed by atoms with Crippen molar-refractivity contribution < 1.29 is 29.3 Å². The third-order valence-corrected chi connectivity index (χ3v) is 2.42. The number of rotatable bonds is 4. The number of carboxylic acids is 1. The normalized spacial score (nSPS) is 13.7. The summed E-state index contributed by atoms with van der Waals surface area (Å²) >= 11 is 0. The lowest BCUT2D eigenvalue weighted by Crippen LogP contribution is -2.45. The van der Waals surface area contributed by atoms with Gasteiger partial charge < -0.3 is 30.3 Å². The Balaban J connectivity index is 1.97. The second kappa shape index (κ2) is 5.44. The summed E-state index contributed by atoms with van der Waals surface area (Å²) in [5.74, 6) is -0.247. The van der Waals surface area contributed by atoms with Crippen molar-refractivity contribution in [3.63, 3.8) is 0 Å². The van der Waals surface area contributed by atoms with E-state index in [1.807, 2.05) is 0 Å². The van der Waals surface area contributed by atoms with Crippen LogP contribution in [0.1, 0.15) is 0 Å². The molecule has 1 heterocycles. The molecule has 0 unspecified atom stereocenters. The Bertz CT molecular complexity index is 504. The lowest BCUT2D eigenvalue weighted by molar-refractivity contribution is -0.140. The van der Waals surface area contributed by atoms with E-state index in [0.29, 0.717) is 17.2 Å². The molecule has 8 nitrogen and oxygen atoms in total. The van der Waals surface area contributed by atoms with Gasteiger partial charge in [-0.05, 0) is 12.1 Å². The maximum atomic E-state index is 11.5. The fraction of sp³-hybridized carbons (Fsp3) is 0.273. The lowest BCUT2D eigenvalue weighted by Gasteiger charge is -2.12. The number of carbonyl (C=O) groups excluding carboxylic acids is 1. The fourth-order valence-corrected chi connectivity index (χ4v) is 1.49. The van der Waals surface area contributed by atoms with Crippen molar-refractivity contribution in [2.24, 2.45) is 0 Å². The van der Waals surface area contributed by atoms with Crippen LogP contribution in [0.3, 0.4) is 0 Å². The smallest absolute Gasteiger partial charge is 0.328 e. The van der Waals surface area contributed by atoms with E-state index in [9.17, 15) is 9.59 Å². The summed E-state index contributed by atoms with van der Waals surface area (Å²) in [6.45, 7) is -0.569. The maximum Gasteiger partial charge on any atom is 0.328 e. The van der Waals surface area contributed by atoms with Gasteiger partial charge in [0.1, 0.15) is 0 Å². The highest BCUT2D eigenvalue weighted by atomic mass is 16.7. The first-order valence-corrected chi connectivity index (χ1v) is 5.41. The summed E-state index contributed by atoms with van der Waals surface area (Å²) in [5.41, 5.74) is 0.420. The van der Waals surface area contributed by atoms with Crippen LogP contribution in [0.25, 0.3) is 0 Å². The first-order valence-electron chi connectivity index (χ1n) is 5.41. The van der Waals surface area contributed by atoms with E-state index < -0.39 is 24.6 Å². The molecule has 1 aliphatic heterocycles. The second-order valence-electron chi connectivity index (χ2n) is 3.74. The number of urea groups is 1. The number of benzene rings is 1. The van der Waals surface area contributed by atoms with Crippen LogP contribution in [0, 0.1) is 0 Å². The summed E-state index contributed by atoms with van der Waals surface area (Å²) < 4.78 is 10.2. The molecule has 19 heavy (non-hydrogen) atoms. The molecule has 1 aromatic carbocycles. The van der Waals surface area contributed by atoms with Gasteiger partial charge in [0.25, 0.3) is 0 Å². The molecular weight excluding hydrogens is 256 g/mol. The van der Waals surface area contributed by atoms with Crippen LogP contribution in [0.2, 0.25) is 0 Å². The molecule has 0 saturated carbocycles. The molecule has 2 rings (SSSR count). The number of amides is 2. The highest BCUT2D eigenvalue weighted by Gasteiger charge is 2.19. The van der Waals surface area contributed by atoms with E-state index in [0.717, 1.165) is 0 Å². The molecule has 0 saturated heterocycles. The van der Waals surface area contributed by atoms with Crippen molar-refractivity contribution in [3.8, 4) is 11.5 Å². The van der Waals surface area contributed by atoms with E-state index in [1.165, 1.54) is 0 Å². The molecule has 0 aromatic heterocycles. The van der Waals surface area contributed by atoms with E-state index >= 15 is 0 Å². The first-order chi connectivity index (χ1) is 9.10. The number of aliphatic hydroxyl groups excluding tert-OH is 1. The molecule has 8 heteroatoms. The Morgan fingerprint density at radius 2 is 2.05 bits per heavy atom. The van der Waals surface area contributed by atoms with Gasteiger partial charge in [-0.3, -0.25) is 0 Å². The monoisotopic (exact) mass is 268 g/mol. The summed E-state index contributed by atoms with van der Waals surface area (Å²) in [5, 5.41) is 22.0. The standard InChI is InChI=1S/C11H12N2O6/c14-4-7(10(15)16)13-11(17)12-6-1-2-8-9(3-6)19-5-18-8/h1-3,7,14H,4-5H2,(H,15,16)(H2,12,13,17)/t7-/m0/s1. The zero-order valence-electron chi connectivity index (χ0n) is 9.75. The zero-order valence-corrected chi connectivity index (χ0v) is 9.75. The molecule has 0 radical (unpaired) electrons. The van der Waals surface area contributed by atoms with Crippen molar-refractivity contribution >= 4 is 17.7 Å². The number of aliphatic carboxylic acids is 1. The number of hydrogen-bond donors (Lipinski definition) is 4. The minimum atomic E-state index is -1.35. The summed E-state index contributed by atoms with van der Waals surface area (Å²) in [6, 6.07) is 2.67. The lowest BCUT2D eigenvalue weighted by atomic mass is 10.3. The van der Waals surface area contributed by atoms with Crippen molar-refractivity contribution in [2.75, 3.05) is 18.7 Å². The van der Waals surface area contributed by atoms with Gasteiger partial charge in [-0.1, -0.05) is 0 Å². The number of ether oxygens (including phenoxy) is 2. The zero-order chi connectivity index (χ0) is 13.8. The third kappa shape index (κ3) is 3.05. The Labute approximate surface area is 107 Å². The van der Waals surface area contributed by atoms with Gasteiger partial charge in [0.15, 0.2) is 17.5 Å². The summed E-state index contributed by atoms with van der Waals surface area (Å²) in [7, 11) is 0. The van der Waals surface area contributed by atoms with Crippen LogP contribution in [-0.4, -0.2) is 41.7 Å². The van der Waals surface area contributed by atoms with E-state index in [-0.39, 0.29) is 6.79 Å². The Kier molecular flexibility index (Phi) is 3.71. The van der Waals surface area contributed by atoms with Gasteiger partial charge >= 0.3 is 12.0 Å². The quantitative estimate of drug-likeness (QED) is 0.609. The average molecular weight is 268 g/mol. The van der Waals surface area contributed by atoms with Crippen LogP contribution in [0.5, 0.6) is 11.5 Å². The number of aliphatic hydroxyl groups is 1. The van der Waals surface area contributed by atoms with E-state index in [2.05, 4.69) is 10.6 Å². The number of fused-ring (bicyclic) bond motifs is 1. The minimum Gasteiger partial charge on any atom is -0.480 e. The summed E-state index contributed by atoms with van der Waals surface area (Å²) in [6.07, 6.45) is 0. The highest BCUT2D eigenvalue weighted by Crippen LogP contribution is 2.34. The molecule has 0 bridgehead atoms.